The molecular formula is C23H15BrF2N4O. The minimum absolute atomic E-state index is 0. The highest BCUT2D eigenvalue weighted by Crippen LogP contribution is 2.42. The highest BCUT2D eigenvalue weighted by atomic mass is 79.9. The van der Waals surface area contributed by atoms with Crippen molar-refractivity contribution in [2.24, 2.45) is 0 Å². The molecule has 8 heteroatoms. The zero-order valence-corrected chi connectivity index (χ0v) is 17.6. The lowest BCUT2D eigenvalue weighted by atomic mass is 9.88. The number of anilines is 1. The van der Waals surface area contributed by atoms with E-state index in [1.165, 1.54) is 48.7 Å². The number of nitrogen functional groups attached to an aromatic ring is 1. The molecule has 0 radical (unpaired) electrons. The van der Waals surface area contributed by atoms with E-state index in [0.29, 0.717) is 33.5 Å². The van der Waals surface area contributed by atoms with Crippen LogP contribution in [0, 0.1) is 23.0 Å². The number of hydrogen-bond donors (Lipinski definition) is 2. The van der Waals surface area contributed by atoms with E-state index in [9.17, 15) is 18.8 Å². The quantitative estimate of drug-likeness (QED) is 0.427. The summed E-state index contributed by atoms with van der Waals surface area (Å²) in [6.45, 7) is 0. The fourth-order valence-corrected chi connectivity index (χ4v) is 3.34. The van der Waals surface area contributed by atoms with Crippen LogP contribution in [0.1, 0.15) is 5.56 Å². The smallest absolute Gasteiger partial charge is 0.247 e. The Bertz CT molecular complexity index is 1360. The third-order valence-corrected chi connectivity index (χ3v) is 4.62. The van der Waals surface area contributed by atoms with Crippen LogP contribution in [-0.2, 0) is 0 Å². The largest absolute Gasteiger partial charge is 0.383 e. The van der Waals surface area contributed by atoms with Gasteiger partial charge >= 0.3 is 0 Å². The van der Waals surface area contributed by atoms with Crippen molar-refractivity contribution in [3.63, 3.8) is 0 Å². The van der Waals surface area contributed by atoms with Crippen LogP contribution in [-0.4, -0.2) is 9.97 Å². The maximum atomic E-state index is 14.0. The second-order valence-corrected chi connectivity index (χ2v) is 6.54. The summed E-state index contributed by atoms with van der Waals surface area (Å²) in [6, 6.07) is 16.4. The van der Waals surface area contributed by atoms with Gasteiger partial charge in [0.05, 0.1) is 5.69 Å². The summed E-state index contributed by atoms with van der Waals surface area (Å²) in [7, 11) is 0. The first-order valence-electron chi connectivity index (χ1n) is 8.92. The molecule has 0 aliphatic rings. The van der Waals surface area contributed by atoms with Gasteiger partial charge in [0.25, 0.3) is 0 Å². The number of aromatic amines is 1. The predicted octanol–water partition coefficient (Wildman–Crippen LogP) is 5.08. The van der Waals surface area contributed by atoms with Crippen LogP contribution in [0.4, 0.5) is 14.6 Å². The lowest BCUT2D eigenvalue weighted by Crippen LogP contribution is -2.06. The Morgan fingerprint density at radius 1 is 0.903 bits per heavy atom. The lowest BCUT2D eigenvalue weighted by Gasteiger charge is -2.18. The summed E-state index contributed by atoms with van der Waals surface area (Å²) < 4.78 is 28.0. The minimum atomic E-state index is -0.494. The number of aromatic nitrogens is 2. The van der Waals surface area contributed by atoms with E-state index in [1.807, 2.05) is 6.07 Å². The molecule has 0 aliphatic heterocycles. The molecule has 0 spiro atoms. The molecule has 5 nitrogen and oxygen atoms in total. The molecule has 0 saturated carbocycles. The fraction of sp³-hybridized carbons (Fsp3) is 0. The topological polar surface area (TPSA) is 95.6 Å². The molecule has 154 valence electrons. The van der Waals surface area contributed by atoms with Gasteiger partial charge in [0.15, 0.2) is 0 Å². The van der Waals surface area contributed by atoms with Crippen LogP contribution in [0.5, 0.6) is 0 Å². The monoisotopic (exact) mass is 480 g/mol. The van der Waals surface area contributed by atoms with Crippen molar-refractivity contribution >= 4 is 22.8 Å². The van der Waals surface area contributed by atoms with Crippen molar-refractivity contribution in [3.8, 4) is 39.6 Å². The maximum absolute atomic E-state index is 14.0. The van der Waals surface area contributed by atoms with Gasteiger partial charge in [-0.1, -0.05) is 24.3 Å². The molecule has 0 saturated heterocycles. The van der Waals surface area contributed by atoms with Gasteiger partial charge in [-0.05, 0) is 35.9 Å². The molecule has 0 atom stereocenters. The third-order valence-electron chi connectivity index (χ3n) is 4.62. The van der Waals surface area contributed by atoms with E-state index in [4.69, 9.17) is 5.73 Å². The molecule has 3 N–H and O–H groups in total. The van der Waals surface area contributed by atoms with Gasteiger partial charge in [-0.2, -0.15) is 5.26 Å². The molecule has 0 amide bonds. The summed E-state index contributed by atoms with van der Waals surface area (Å²) in [6.07, 6.45) is 1.46. The third kappa shape index (κ3) is 4.22. The van der Waals surface area contributed by atoms with E-state index in [2.05, 4.69) is 9.97 Å². The molecular weight excluding hydrogens is 466 g/mol. The summed E-state index contributed by atoms with van der Waals surface area (Å²) in [4.78, 5) is 18.5. The second-order valence-electron chi connectivity index (χ2n) is 6.54. The number of benzene rings is 2. The molecule has 0 fully saturated rings. The van der Waals surface area contributed by atoms with Crippen molar-refractivity contribution in [1.82, 2.24) is 9.97 Å². The van der Waals surface area contributed by atoms with Crippen LogP contribution < -0.4 is 11.3 Å². The standard InChI is InChI=1S/C23H14F2N4O.BrH/c24-16-5-1-3-13(9-16)20-18(11-26)23(27)29-22(14-4-2-6-17(25)10-14)21(20)15-7-8-19(30)28-12-15;/h1-10,12H,(H2,27,29)(H,28,30);1H. The number of pyridine rings is 2. The Balaban J connectivity index is 0.00000272. The first-order chi connectivity index (χ1) is 14.5. The Morgan fingerprint density at radius 3 is 2.13 bits per heavy atom. The lowest BCUT2D eigenvalue weighted by molar-refractivity contribution is 0.628. The average molecular weight is 481 g/mol. The van der Waals surface area contributed by atoms with Crippen molar-refractivity contribution in [2.75, 3.05) is 5.73 Å². The van der Waals surface area contributed by atoms with E-state index in [0.717, 1.165) is 0 Å². The number of hydrogen-bond acceptors (Lipinski definition) is 4. The van der Waals surface area contributed by atoms with E-state index in [-0.39, 0.29) is 33.9 Å². The van der Waals surface area contributed by atoms with Gasteiger partial charge in [-0.15, -0.1) is 17.0 Å². The molecule has 0 aliphatic carbocycles. The van der Waals surface area contributed by atoms with Crippen molar-refractivity contribution < 1.29 is 8.78 Å². The van der Waals surface area contributed by atoms with Gasteiger partial charge < -0.3 is 10.7 Å². The number of halogens is 3. The number of nitriles is 1. The van der Waals surface area contributed by atoms with Gasteiger partial charge in [0.1, 0.15) is 29.1 Å². The Hall–Kier alpha value is -3.83. The van der Waals surface area contributed by atoms with Crippen LogP contribution in [0.3, 0.4) is 0 Å². The Morgan fingerprint density at radius 2 is 1.55 bits per heavy atom. The van der Waals surface area contributed by atoms with Gasteiger partial charge in [0, 0.05) is 34.5 Å². The molecule has 4 rings (SSSR count). The molecule has 31 heavy (non-hydrogen) atoms. The number of nitrogens with two attached hydrogens (primary N) is 1. The van der Waals surface area contributed by atoms with Crippen LogP contribution in [0.2, 0.25) is 0 Å². The zero-order chi connectivity index (χ0) is 21.3. The average Bonchev–Trinajstić information content (AvgIpc) is 2.73. The van der Waals surface area contributed by atoms with Crippen molar-refractivity contribution in [3.05, 3.63) is 94.4 Å². The summed E-state index contributed by atoms with van der Waals surface area (Å²) >= 11 is 0. The maximum Gasteiger partial charge on any atom is 0.247 e. The highest BCUT2D eigenvalue weighted by molar-refractivity contribution is 8.93. The fourth-order valence-electron chi connectivity index (χ4n) is 3.34. The second kappa shape index (κ2) is 8.90. The molecule has 0 bridgehead atoms. The molecule has 2 aromatic carbocycles. The number of rotatable bonds is 3. The summed E-state index contributed by atoms with van der Waals surface area (Å²) in [5.74, 6) is -1.03. The highest BCUT2D eigenvalue weighted by Gasteiger charge is 2.23. The van der Waals surface area contributed by atoms with Crippen LogP contribution >= 0.6 is 17.0 Å². The first-order valence-corrected chi connectivity index (χ1v) is 8.92. The van der Waals surface area contributed by atoms with E-state index < -0.39 is 11.6 Å². The van der Waals surface area contributed by atoms with Crippen molar-refractivity contribution in [2.45, 2.75) is 0 Å². The first kappa shape index (κ1) is 21.9. The molecule has 4 aromatic rings. The number of nitrogens with zero attached hydrogens (tertiary/aromatic N) is 2. The molecule has 0 unspecified atom stereocenters. The normalized spacial score (nSPS) is 10.2. The van der Waals surface area contributed by atoms with Gasteiger partial charge in [-0.25, -0.2) is 13.8 Å². The molecule has 2 heterocycles. The van der Waals surface area contributed by atoms with Crippen LogP contribution in [0.15, 0.2) is 71.7 Å². The zero-order valence-electron chi connectivity index (χ0n) is 15.9. The minimum Gasteiger partial charge on any atom is -0.383 e. The Kier molecular flexibility index (Phi) is 6.28. The van der Waals surface area contributed by atoms with Gasteiger partial charge in [-0.3, -0.25) is 4.79 Å². The van der Waals surface area contributed by atoms with E-state index in [1.54, 1.807) is 18.2 Å². The number of nitrogens with one attached hydrogen (secondary N) is 1. The van der Waals surface area contributed by atoms with Crippen LogP contribution in [0.25, 0.3) is 33.5 Å². The summed E-state index contributed by atoms with van der Waals surface area (Å²) in [5.41, 5.74) is 8.22. The van der Waals surface area contributed by atoms with E-state index >= 15 is 0 Å². The van der Waals surface area contributed by atoms with Crippen molar-refractivity contribution in [1.29, 1.82) is 5.26 Å². The summed E-state index contributed by atoms with van der Waals surface area (Å²) in [5, 5.41) is 9.77. The Labute approximate surface area is 186 Å². The number of H-pyrrole nitrogens is 1. The predicted molar refractivity (Wildman–Crippen MR) is 121 cm³/mol. The van der Waals surface area contributed by atoms with Gasteiger partial charge in [0.2, 0.25) is 5.56 Å². The molecule has 2 aromatic heterocycles. The SMILES string of the molecule is Br.N#Cc1c(N)nc(-c2cccc(F)c2)c(-c2ccc(=O)[nH]c2)c1-c1cccc(F)c1.